The van der Waals surface area contributed by atoms with E-state index >= 15 is 0 Å². The fourth-order valence-corrected chi connectivity index (χ4v) is 2.69. The molecule has 0 saturated heterocycles. The predicted molar refractivity (Wildman–Crippen MR) is 70.3 cm³/mol. The van der Waals surface area contributed by atoms with Crippen molar-refractivity contribution in [1.29, 1.82) is 0 Å². The van der Waals surface area contributed by atoms with Gasteiger partial charge in [0, 0.05) is 0 Å². The summed E-state index contributed by atoms with van der Waals surface area (Å²) < 4.78 is 10.8. The van der Waals surface area contributed by atoms with Crippen LogP contribution in [0.25, 0.3) is 11.6 Å². The molecule has 0 amide bonds. The first kappa shape index (κ1) is 12.4. The van der Waals surface area contributed by atoms with Crippen molar-refractivity contribution in [3.63, 3.8) is 0 Å². The smallest absolute Gasteiger partial charge is 0.247 e. The Morgan fingerprint density at radius 1 is 1.21 bits per heavy atom. The molecular formula is C14H19N3O2. The van der Waals surface area contributed by atoms with Crippen molar-refractivity contribution in [2.45, 2.75) is 51.0 Å². The maximum Gasteiger partial charge on any atom is 0.247 e. The van der Waals surface area contributed by atoms with E-state index in [4.69, 9.17) is 14.7 Å². The number of furan rings is 1. The first-order valence-corrected chi connectivity index (χ1v) is 6.87. The van der Waals surface area contributed by atoms with Gasteiger partial charge >= 0.3 is 0 Å². The van der Waals surface area contributed by atoms with Crippen LogP contribution in [-0.4, -0.2) is 10.1 Å². The van der Waals surface area contributed by atoms with E-state index in [0.29, 0.717) is 17.5 Å². The zero-order chi connectivity index (χ0) is 13.3. The number of nitrogens with zero attached hydrogens (tertiary/aromatic N) is 2. The molecule has 19 heavy (non-hydrogen) atoms. The lowest BCUT2D eigenvalue weighted by atomic mass is 9.91. The third kappa shape index (κ3) is 2.30. The molecule has 2 heterocycles. The third-order valence-corrected chi connectivity index (χ3v) is 3.91. The molecule has 1 fully saturated rings. The molecule has 0 bridgehead atoms. The molecule has 1 aliphatic carbocycles. The van der Waals surface area contributed by atoms with E-state index in [9.17, 15) is 0 Å². The van der Waals surface area contributed by atoms with Crippen LogP contribution in [0.3, 0.4) is 0 Å². The van der Waals surface area contributed by atoms with Gasteiger partial charge in [-0.25, -0.2) is 0 Å². The summed E-state index contributed by atoms with van der Waals surface area (Å²) in [4.78, 5) is 4.45. The second kappa shape index (κ2) is 4.81. The third-order valence-electron chi connectivity index (χ3n) is 3.91. The van der Waals surface area contributed by atoms with Crippen molar-refractivity contribution in [3.8, 4) is 11.6 Å². The summed E-state index contributed by atoms with van der Waals surface area (Å²) in [6, 6.07) is 1.88. The number of aromatic nitrogens is 2. The molecule has 2 N–H and O–H groups in total. The van der Waals surface area contributed by atoms with Crippen LogP contribution in [-0.2, 0) is 5.54 Å². The van der Waals surface area contributed by atoms with Crippen molar-refractivity contribution in [1.82, 2.24) is 10.1 Å². The van der Waals surface area contributed by atoms with E-state index in [2.05, 4.69) is 10.1 Å². The minimum absolute atomic E-state index is 0.470. The van der Waals surface area contributed by atoms with Gasteiger partial charge in [0.05, 0.1) is 11.8 Å². The van der Waals surface area contributed by atoms with Gasteiger partial charge in [0.1, 0.15) is 0 Å². The molecule has 2 aromatic heterocycles. The van der Waals surface area contributed by atoms with E-state index in [1.807, 2.05) is 13.0 Å². The first-order chi connectivity index (χ1) is 9.19. The average Bonchev–Trinajstić information content (AvgIpc) is 2.97. The molecule has 102 valence electrons. The summed E-state index contributed by atoms with van der Waals surface area (Å²) >= 11 is 0. The summed E-state index contributed by atoms with van der Waals surface area (Å²) in [6.07, 6.45) is 8.15. The summed E-state index contributed by atoms with van der Waals surface area (Å²) in [5, 5.41) is 4.01. The maximum absolute atomic E-state index is 6.46. The standard InChI is InChI=1S/C14H19N3O2/c1-10-6-9-18-11(10)12-16-13(19-17-12)14(15)7-4-2-3-5-8-14/h6,9H,2-5,7-8,15H2,1H3. The summed E-state index contributed by atoms with van der Waals surface area (Å²) in [6.45, 7) is 1.96. The normalized spacial score (nSPS) is 19.3. The van der Waals surface area contributed by atoms with Crippen molar-refractivity contribution in [2.24, 2.45) is 5.73 Å². The van der Waals surface area contributed by atoms with Gasteiger partial charge in [-0.15, -0.1) is 0 Å². The molecule has 1 aliphatic rings. The average molecular weight is 261 g/mol. The lowest BCUT2D eigenvalue weighted by Gasteiger charge is -2.22. The van der Waals surface area contributed by atoms with E-state index < -0.39 is 5.54 Å². The zero-order valence-corrected chi connectivity index (χ0v) is 11.2. The number of hydrogen-bond donors (Lipinski definition) is 1. The van der Waals surface area contributed by atoms with Gasteiger partial charge < -0.3 is 14.7 Å². The van der Waals surface area contributed by atoms with Crippen molar-refractivity contribution in [3.05, 3.63) is 23.8 Å². The highest BCUT2D eigenvalue weighted by atomic mass is 16.5. The van der Waals surface area contributed by atoms with Gasteiger partial charge in [-0.05, 0) is 31.4 Å². The Bertz CT molecular complexity index is 551. The minimum atomic E-state index is -0.470. The Kier molecular flexibility index (Phi) is 3.14. The van der Waals surface area contributed by atoms with Crippen molar-refractivity contribution in [2.75, 3.05) is 0 Å². The molecule has 5 nitrogen and oxygen atoms in total. The second-order valence-electron chi connectivity index (χ2n) is 5.43. The molecule has 0 atom stereocenters. The molecule has 0 aliphatic heterocycles. The van der Waals surface area contributed by atoms with E-state index in [-0.39, 0.29) is 0 Å². The van der Waals surface area contributed by atoms with Crippen molar-refractivity contribution < 1.29 is 8.94 Å². The van der Waals surface area contributed by atoms with Crippen LogP contribution < -0.4 is 5.73 Å². The quantitative estimate of drug-likeness (QED) is 0.840. The molecule has 1 saturated carbocycles. The SMILES string of the molecule is Cc1ccoc1-c1noc(C2(N)CCCCCC2)n1. The molecular weight excluding hydrogens is 242 g/mol. The molecule has 2 aromatic rings. The number of hydrogen-bond acceptors (Lipinski definition) is 5. The highest BCUT2D eigenvalue weighted by Crippen LogP contribution is 2.34. The fourth-order valence-electron chi connectivity index (χ4n) is 2.69. The lowest BCUT2D eigenvalue weighted by Crippen LogP contribution is -2.36. The number of aryl methyl sites for hydroxylation is 1. The van der Waals surface area contributed by atoms with E-state index in [0.717, 1.165) is 31.2 Å². The van der Waals surface area contributed by atoms with Crippen molar-refractivity contribution >= 4 is 0 Å². The van der Waals surface area contributed by atoms with Gasteiger partial charge in [-0.1, -0.05) is 30.8 Å². The Labute approximate surface area is 112 Å². The van der Waals surface area contributed by atoms with Gasteiger partial charge in [0.25, 0.3) is 0 Å². The van der Waals surface area contributed by atoms with Crippen LogP contribution in [0.15, 0.2) is 21.3 Å². The second-order valence-corrected chi connectivity index (χ2v) is 5.43. The Hall–Kier alpha value is -1.62. The molecule has 3 rings (SSSR count). The molecule has 5 heteroatoms. The van der Waals surface area contributed by atoms with Gasteiger partial charge in [0.2, 0.25) is 11.7 Å². The topological polar surface area (TPSA) is 78.1 Å². The van der Waals surface area contributed by atoms with Gasteiger partial charge in [0.15, 0.2) is 5.76 Å². The molecule has 0 unspecified atom stereocenters. The van der Waals surface area contributed by atoms with E-state index in [1.54, 1.807) is 6.26 Å². The summed E-state index contributed by atoms with van der Waals surface area (Å²) in [5.74, 6) is 1.69. The molecule has 0 radical (unpaired) electrons. The fraction of sp³-hybridized carbons (Fsp3) is 0.571. The predicted octanol–water partition coefficient (Wildman–Crippen LogP) is 3.15. The van der Waals surface area contributed by atoms with Crippen LogP contribution >= 0.6 is 0 Å². The van der Waals surface area contributed by atoms with Crippen LogP contribution in [0.4, 0.5) is 0 Å². The highest BCUT2D eigenvalue weighted by Gasteiger charge is 2.34. The number of nitrogens with two attached hydrogens (primary N) is 1. The van der Waals surface area contributed by atoms with Crippen LogP contribution in [0.1, 0.15) is 50.0 Å². The summed E-state index contributed by atoms with van der Waals surface area (Å²) in [5.41, 5.74) is 6.99. The molecule has 0 spiro atoms. The van der Waals surface area contributed by atoms with Gasteiger partial charge in [-0.3, -0.25) is 0 Å². The minimum Gasteiger partial charge on any atom is -0.461 e. The lowest BCUT2D eigenvalue weighted by molar-refractivity contribution is 0.257. The highest BCUT2D eigenvalue weighted by molar-refractivity contribution is 5.51. The summed E-state index contributed by atoms with van der Waals surface area (Å²) in [7, 11) is 0. The van der Waals surface area contributed by atoms with Crippen LogP contribution in [0.2, 0.25) is 0 Å². The van der Waals surface area contributed by atoms with Gasteiger partial charge in [-0.2, -0.15) is 4.98 Å². The first-order valence-electron chi connectivity index (χ1n) is 6.87. The maximum atomic E-state index is 6.46. The zero-order valence-electron chi connectivity index (χ0n) is 11.2. The Morgan fingerprint density at radius 2 is 1.95 bits per heavy atom. The largest absolute Gasteiger partial charge is 0.461 e. The Balaban J connectivity index is 1.90. The molecule has 0 aromatic carbocycles. The van der Waals surface area contributed by atoms with Crippen LogP contribution in [0, 0.1) is 6.92 Å². The van der Waals surface area contributed by atoms with E-state index in [1.165, 1.54) is 12.8 Å². The monoisotopic (exact) mass is 261 g/mol. The Morgan fingerprint density at radius 3 is 2.58 bits per heavy atom. The van der Waals surface area contributed by atoms with Crippen LogP contribution in [0.5, 0.6) is 0 Å². The number of rotatable bonds is 2.